The van der Waals surface area contributed by atoms with Crippen LogP contribution in [-0.4, -0.2) is 17.2 Å². The topological polar surface area (TPSA) is 46.5 Å². The number of hydrogen-bond acceptors (Lipinski definition) is 2. The maximum Gasteiger partial charge on any atom is 0.306 e. The Labute approximate surface area is 100 Å². The van der Waals surface area contributed by atoms with Crippen LogP contribution in [-0.2, 0) is 16.1 Å². The van der Waals surface area contributed by atoms with Gasteiger partial charge in [0, 0.05) is 0 Å². The van der Waals surface area contributed by atoms with E-state index in [-0.39, 0.29) is 12.0 Å². The van der Waals surface area contributed by atoms with Crippen molar-refractivity contribution < 1.29 is 14.6 Å². The molecule has 90 valence electrons. The van der Waals surface area contributed by atoms with Crippen molar-refractivity contribution in [2.24, 2.45) is 17.8 Å². The summed E-state index contributed by atoms with van der Waals surface area (Å²) in [6.07, 6.45) is 1.88. The number of benzene rings is 1. The molecule has 0 heterocycles. The Morgan fingerprint density at radius 3 is 2.65 bits per heavy atom. The summed E-state index contributed by atoms with van der Waals surface area (Å²) in [6, 6.07) is 10.0. The van der Waals surface area contributed by atoms with E-state index in [1.165, 1.54) is 0 Å². The predicted octanol–water partition coefficient (Wildman–Crippen LogP) is 2.31. The normalized spacial score (nSPS) is 34.4. The van der Waals surface area contributed by atoms with E-state index in [1.54, 1.807) is 0 Å². The van der Waals surface area contributed by atoms with Gasteiger partial charge >= 0.3 is 5.97 Å². The molecule has 2 aliphatic rings. The minimum Gasteiger partial charge on any atom is -0.481 e. The van der Waals surface area contributed by atoms with Crippen LogP contribution in [0, 0.1) is 17.8 Å². The zero-order valence-electron chi connectivity index (χ0n) is 9.58. The number of fused-ring (bicyclic) bond motifs is 1. The average Bonchev–Trinajstić information content (AvgIpc) is 3.04. The van der Waals surface area contributed by atoms with Crippen molar-refractivity contribution in [3.63, 3.8) is 0 Å². The Bertz CT molecular complexity index is 415. The van der Waals surface area contributed by atoms with Crippen molar-refractivity contribution >= 4 is 5.97 Å². The Kier molecular flexibility index (Phi) is 2.63. The van der Waals surface area contributed by atoms with Gasteiger partial charge in [-0.05, 0) is 30.2 Å². The lowest BCUT2D eigenvalue weighted by atomic mass is 10.0. The molecule has 1 aromatic rings. The highest BCUT2D eigenvalue weighted by atomic mass is 16.5. The zero-order chi connectivity index (χ0) is 11.8. The van der Waals surface area contributed by atoms with Crippen molar-refractivity contribution in [1.82, 2.24) is 0 Å². The fourth-order valence-electron chi connectivity index (χ4n) is 2.98. The molecule has 1 aromatic carbocycles. The molecular weight excluding hydrogens is 216 g/mol. The second-order valence-electron chi connectivity index (χ2n) is 5.08. The fourth-order valence-corrected chi connectivity index (χ4v) is 2.98. The van der Waals surface area contributed by atoms with Gasteiger partial charge < -0.3 is 9.84 Å². The summed E-state index contributed by atoms with van der Waals surface area (Å²) >= 11 is 0. The van der Waals surface area contributed by atoms with Gasteiger partial charge in [0.25, 0.3) is 0 Å². The molecule has 2 aliphatic carbocycles. The minimum atomic E-state index is -0.650. The molecule has 0 amide bonds. The molecule has 0 spiro atoms. The highest BCUT2D eigenvalue weighted by Gasteiger charge is 2.57. The van der Waals surface area contributed by atoms with Crippen molar-refractivity contribution in [2.45, 2.75) is 25.6 Å². The molecule has 0 aromatic heterocycles. The molecule has 2 fully saturated rings. The van der Waals surface area contributed by atoms with Crippen molar-refractivity contribution in [1.29, 1.82) is 0 Å². The summed E-state index contributed by atoms with van der Waals surface area (Å²) in [4.78, 5) is 11.0. The summed E-state index contributed by atoms with van der Waals surface area (Å²) in [5.74, 6) is 0.0668. The van der Waals surface area contributed by atoms with Gasteiger partial charge in [-0.3, -0.25) is 4.79 Å². The first-order chi connectivity index (χ1) is 8.25. The Morgan fingerprint density at radius 1 is 1.24 bits per heavy atom. The van der Waals surface area contributed by atoms with E-state index in [0.717, 1.165) is 12.0 Å². The van der Waals surface area contributed by atoms with E-state index >= 15 is 0 Å². The van der Waals surface area contributed by atoms with E-state index in [4.69, 9.17) is 9.84 Å². The molecule has 0 radical (unpaired) electrons. The van der Waals surface area contributed by atoms with E-state index in [2.05, 4.69) is 0 Å². The summed E-state index contributed by atoms with van der Waals surface area (Å²) in [5.41, 5.74) is 1.16. The van der Waals surface area contributed by atoms with Crippen molar-refractivity contribution in [3.8, 4) is 0 Å². The monoisotopic (exact) mass is 232 g/mol. The lowest BCUT2D eigenvalue weighted by Crippen LogP contribution is -2.18. The molecule has 3 nitrogen and oxygen atoms in total. The molecule has 0 bridgehead atoms. The van der Waals surface area contributed by atoms with Crippen LogP contribution in [0.2, 0.25) is 0 Å². The van der Waals surface area contributed by atoms with Crippen LogP contribution in [0.1, 0.15) is 18.4 Å². The summed E-state index contributed by atoms with van der Waals surface area (Å²) in [7, 11) is 0. The van der Waals surface area contributed by atoms with Gasteiger partial charge in [0.1, 0.15) is 0 Å². The lowest BCUT2D eigenvalue weighted by Gasteiger charge is -2.15. The molecule has 17 heavy (non-hydrogen) atoms. The number of hydrogen-bond donors (Lipinski definition) is 1. The number of carboxylic acid groups (broad SMARTS) is 1. The number of ether oxygens (including phenoxy) is 1. The van der Waals surface area contributed by atoms with Gasteiger partial charge in [-0.25, -0.2) is 0 Å². The van der Waals surface area contributed by atoms with Crippen LogP contribution in [0.15, 0.2) is 30.3 Å². The summed E-state index contributed by atoms with van der Waals surface area (Å²) in [6.45, 7) is 0.598. The first-order valence-electron chi connectivity index (χ1n) is 6.14. The van der Waals surface area contributed by atoms with Gasteiger partial charge in [0.05, 0.1) is 18.6 Å². The number of carboxylic acids is 1. The van der Waals surface area contributed by atoms with Crippen LogP contribution < -0.4 is 0 Å². The zero-order valence-corrected chi connectivity index (χ0v) is 9.58. The van der Waals surface area contributed by atoms with Crippen LogP contribution in [0.5, 0.6) is 0 Å². The predicted molar refractivity (Wildman–Crippen MR) is 62.4 cm³/mol. The van der Waals surface area contributed by atoms with Gasteiger partial charge in [-0.1, -0.05) is 30.3 Å². The molecular formula is C14H16O3. The second-order valence-corrected chi connectivity index (χ2v) is 5.08. The third kappa shape index (κ3) is 2.07. The van der Waals surface area contributed by atoms with E-state index in [1.807, 2.05) is 30.3 Å². The van der Waals surface area contributed by atoms with Crippen LogP contribution in [0.4, 0.5) is 0 Å². The molecule has 3 heteroatoms. The largest absolute Gasteiger partial charge is 0.481 e. The maximum atomic E-state index is 11.0. The van der Waals surface area contributed by atoms with E-state index < -0.39 is 5.97 Å². The van der Waals surface area contributed by atoms with E-state index in [0.29, 0.717) is 24.9 Å². The van der Waals surface area contributed by atoms with Crippen molar-refractivity contribution in [2.75, 3.05) is 0 Å². The second kappa shape index (κ2) is 4.15. The molecule has 3 rings (SSSR count). The number of rotatable bonds is 4. The summed E-state index contributed by atoms with van der Waals surface area (Å²) in [5, 5.41) is 9.06. The van der Waals surface area contributed by atoms with Crippen LogP contribution in [0.3, 0.4) is 0 Å². The van der Waals surface area contributed by atoms with Gasteiger partial charge in [-0.2, -0.15) is 0 Å². The highest BCUT2D eigenvalue weighted by Crippen LogP contribution is 2.56. The standard InChI is InChI=1S/C14H16O3/c15-14(16)12-7-13(11-6-10(11)12)17-8-9-4-2-1-3-5-9/h1-5,10-13H,6-8H2,(H,15,16)/t10-,11+,12+,13-/m1/s1. The van der Waals surface area contributed by atoms with Gasteiger partial charge in [0.2, 0.25) is 0 Å². The first kappa shape index (κ1) is 10.8. The lowest BCUT2D eigenvalue weighted by molar-refractivity contribution is -0.142. The quantitative estimate of drug-likeness (QED) is 0.866. The Hall–Kier alpha value is -1.35. The molecule has 0 aliphatic heterocycles. The number of aliphatic carboxylic acids is 1. The van der Waals surface area contributed by atoms with Crippen LogP contribution in [0.25, 0.3) is 0 Å². The molecule has 2 saturated carbocycles. The van der Waals surface area contributed by atoms with Gasteiger partial charge in [0.15, 0.2) is 0 Å². The Morgan fingerprint density at radius 2 is 2.00 bits per heavy atom. The third-order valence-corrected chi connectivity index (χ3v) is 4.00. The molecule has 4 atom stereocenters. The molecule has 0 saturated heterocycles. The van der Waals surface area contributed by atoms with Gasteiger partial charge in [-0.15, -0.1) is 0 Å². The Balaban J connectivity index is 1.56. The minimum absolute atomic E-state index is 0.154. The van der Waals surface area contributed by atoms with Crippen LogP contribution >= 0.6 is 0 Å². The smallest absolute Gasteiger partial charge is 0.306 e. The fraction of sp³-hybridized carbons (Fsp3) is 0.500. The molecule has 1 N–H and O–H groups in total. The van der Waals surface area contributed by atoms with E-state index in [9.17, 15) is 4.79 Å². The highest BCUT2D eigenvalue weighted by molar-refractivity contribution is 5.71. The third-order valence-electron chi connectivity index (χ3n) is 4.00. The summed E-state index contributed by atoms with van der Waals surface area (Å²) < 4.78 is 5.86. The number of carbonyl (C=O) groups is 1. The molecule has 0 unspecified atom stereocenters. The SMILES string of the molecule is O=C(O)[C@H]1C[C@@H](OCc2ccccc2)[C@H]2C[C@H]21. The van der Waals surface area contributed by atoms with Crippen molar-refractivity contribution in [3.05, 3.63) is 35.9 Å². The maximum absolute atomic E-state index is 11.0. The first-order valence-corrected chi connectivity index (χ1v) is 6.14. The average molecular weight is 232 g/mol.